The van der Waals surface area contributed by atoms with Gasteiger partial charge < -0.3 is 0 Å². The zero-order valence-corrected chi connectivity index (χ0v) is 15.1. The maximum absolute atomic E-state index is 12.4. The minimum absolute atomic E-state index is 0.0745. The van der Waals surface area contributed by atoms with Gasteiger partial charge in [0.25, 0.3) is 0 Å². The average Bonchev–Trinajstić information content (AvgIpc) is 2.88. The molecule has 0 heterocycles. The van der Waals surface area contributed by atoms with Crippen LogP contribution in [0.1, 0.15) is 33.3 Å². The summed E-state index contributed by atoms with van der Waals surface area (Å²) in [5, 5.41) is 1.50. The third-order valence-corrected chi connectivity index (χ3v) is 5.64. The van der Waals surface area contributed by atoms with E-state index in [1.165, 1.54) is 17.3 Å². The van der Waals surface area contributed by atoms with Crippen LogP contribution in [-0.4, -0.2) is 5.12 Å². The summed E-state index contributed by atoms with van der Waals surface area (Å²) >= 11 is 13.4. The molecule has 2 rings (SSSR count). The molecular formula is C17H20Cl2OS. The fourth-order valence-corrected chi connectivity index (χ4v) is 4.41. The van der Waals surface area contributed by atoms with E-state index in [1.807, 2.05) is 6.07 Å². The molecule has 0 amide bonds. The van der Waals surface area contributed by atoms with Gasteiger partial charge in [0.2, 0.25) is 0 Å². The van der Waals surface area contributed by atoms with Crippen molar-refractivity contribution in [2.45, 2.75) is 33.4 Å². The second-order valence-electron chi connectivity index (χ2n) is 6.41. The zero-order valence-electron chi connectivity index (χ0n) is 12.7. The van der Waals surface area contributed by atoms with Gasteiger partial charge in [-0.25, -0.2) is 0 Å². The molecule has 1 aliphatic carbocycles. The minimum Gasteiger partial charge on any atom is -0.287 e. The van der Waals surface area contributed by atoms with Crippen LogP contribution in [0.5, 0.6) is 0 Å². The largest absolute Gasteiger partial charge is 0.287 e. The van der Waals surface area contributed by atoms with Crippen LogP contribution in [-0.2, 0) is 10.5 Å². The van der Waals surface area contributed by atoms with Crippen LogP contribution in [0.3, 0.4) is 0 Å². The molecular weight excluding hydrogens is 323 g/mol. The Balaban J connectivity index is 1.98. The predicted molar refractivity (Wildman–Crippen MR) is 93.0 cm³/mol. The van der Waals surface area contributed by atoms with Crippen molar-refractivity contribution < 1.29 is 4.79 Å². The van der Waals surface area contributed by atoms with Gasteiger partial charge in [-0.1, -0.05) is 66.5 Å². The molecule has 114 valence electrons. The number of benzene rings is 1. The molecule has 0 radical (unpaired) electrons. The van der Waals surface area contributed by atoms with E-state index in [1.54, 1.807) is 12.1 Å². The Labute approximate surface area is 141 Å². The second kappa shape index (κ2) is 6.36. The first-order valence-corrected chi connectivity index (χ1v) is 8.73. The highest BCUT2D eigenvalue weighted by atomic mass is 35.5. The molecule has 1 saturated carbocycles. The highest BCUT2D eigenvalue weighted by Crippen LogP contribution is 2.61. The molecule has 1 fully saturated rings. The van der Waals surface area contributed by atoms with Gasteiger partial charge in [0.05, 0.1) is 0 Å². The zero-order chi connectivity index (χ0) is 15.8. The summed E-state index contributed by atoms with van der Waals surface area (Å²) < 4.78 is 0. The van der Waals surface area contributed by atoms with Crippen molar-refractivity contribution in [3.63, 3.8) is 0 Å². The normalized spacial score (nSPS) is 22.8. The van der Waals surface area contributed by atoms with Crippen LogP contribution >= 0.6 is 35.0 Å². The summed E-state index contributed by atoms with van der Waals surface area (Å²) in [6.07, 6.45) is 2.22. The highest BCUT2D eigenvalue weighted by molar-refractivity contribution is 8.13. The predicted octanol–water partition coefficient (Wildman–Crippen LogP) is 5.99. The molecule has 0 spiro atoms. The van der Waals surface area contributed by atoms with Gasteiger partial charge in [-0.05, 0) is 42.9 Å². The summed E-state index contributed by atoms with van der Waals surface area (Å²) in [6, 6.07) is 5.41. The fraction of sp³-hybridized carbons (Fsp3) is 0.471. The van der Waals surface area contributed by atoms with Crippen LogP contribution in [0, 0.1) is 17.3 Å². The topological polar surface area (TPSA) is 17.1 Å². The standard InChI is InChI=1S/C17H20Cl2OS/c1-10(2)7-13-15(17(13,3)4)16(20)21-9-11-5-6-12(18)8-14(11)19/h5-8,13,15H,9H2,1-4H3/t13-,15+/m0/s1. The van der Waals surface area contributed by atoms with Gasteiger partial charge >= 0.3 is 0 Å². The summed E-state index contributed by atoms with van der Waals surface area (Å²) in [6.45, 7) is 8.48. The Morgan fingerprint density at radius 3 is 2.57 bits per heavy atom. The minimum atomic E-state index is 0.0745. The maximum atomic E-state index is 12.4. The van der Waals surface area contributed by atoms with Crippen molar-refractivity contribution in [2.24, 2.45) is 17.3 Å². The number of hydrogen-bond acceptors (Lipinski definition) is 2. The van der Waals surface area contributed by atoms with Crippen molar-refractivity contribution in [3.05, 3.63) is 45.5 Å². The van der Waals surface area contributed by atoms with Gasteiger partial charge in [0, 0.05) is 21.7 Å². The Bertz CT molecular complexity index is 588. The van der Waals surface area contributed by atoms with Crippen LogP contribution in [0.4, 0.5) is 0 Å². The first-order valence-electron chi connectivity index (χ1n) is 6.99. The van der Waals surface area contributed by atoms with E-state index < -0.39 is 0 Å². The molecule has 1 aromatic rings. The second-order valence-corrected chi connectivity index (χ2v) is 8.24. The van der Waals surface area contributed by atoms with Gasteiger partial charge in [-0.2, -0.15) is 0 Å². The fourth-order valence-electron chi connectivity index (χ4n) is 2.68. The number of thioether (sulfide) groups is 1. The lowest BCUT2D eigenvalue weighted by Gasteiger charge is -2.05. The van der Waals surface area contributed by atoms with Crippen LogP contribution in [0.15, 0.2) is 29.8 Å². The third kappa shape index (κ3) is 3.85. The SMILES string of the molecule is CC(C)=C[C@H]1[C@H](C(=O)SCc2ccc(Cl)cc2Cl)C1(C)C. The van der Waals surface area contributed by atoms with E-state index >= 15 is 0 Å². The Hall–Kier alpha value is -0.440. The highest BCUT2D eigenvalue weighted by Gasteiger charge is 2.60. The molecule has 4 heteroatoms. The van der Waals surface area contributed by atoms with E-state index in [-0.39, 0.29) is 16.4 Å². The Kier molecular flexibility index (Phi) is 5.12. The van der Waals surface area contributed by atoms with Crippen LogP contribution in [0.25, 0.3) is 0 Å². The molecule has 21 heavy (non-hydrogen) atoms. The molecule has 2 atom stereocenters. The lowest BCUT2D eigenvalue weighted by atomic mass is 10.1. The molecule has 0 unspecified atom stereocenters. The summed E-state index contributed by atoms with van der Waals surface area (Å²) in [5.74, 6) is 1.08. The lowest BCUT2D eigenvalue weighted by molar-refractivity contribution is -0.112. The van der Waals surface area contributed by atoms with Crippen molar-refractivity contribution in [1.82, 2.24) is 0 Å². The smallest absolute Gasteiger partial charge is 0.193 e. The van der Waals surface area contributed by atoms with E-state index in [0.29, 0.717) is 21.7 Å². The van der Waals surface area contributed by atoms with Gasteiger partial charge in [-0.15, -0.1) is 0 Å². The molecule has 0 aliphatic heterocycles. The molecule has 0 bridgehead atoms. The van der Waals surface area contributed by atoms with Crippen LogP contribution in [0.2, 0.25) is 10.0 Å². The van der Waals surface area contributed by atoms with E-state index in [2.05, 4.69) is 33.8 Å². The first kappa shape index (κ1) is 16.9. The maximum Gasteiger partial charge on any atom is 0.193 e. The Morgan fingerprint density at radius 2 is 2.00 bits per heavy atom. The number of carbonyl (C=O) groups is 1. The number of halogens is 2. The molecule has 1 nitrogen and oxygen atoms in total. The van der Waals surface area contributed by atoms with Crippen molar-refractivity contribution in [1.29, 1.82) is 0 Å². The van der Waals surface area contributed by atoms with E-state index in [4.69, 9.17) is 23.2 Å². The average molecular weight is 343 g/mol. The van der Waals surface area contributed by atoms with Gasteiger partial charge in [-0.3, -0.25) is 4.79 Å². The molecule has 0 saturated heterocycles. The van der Waals surface area contributed by atoms with Crippen LogP contribution < -0.4 is 0 Å². The third-order valence-electron chi connectivity index (χ3n) is 4.06. The summed E-state index contributed by atoms with van der Waals surface area (Å²) in [5.41, 5.74) is 2.30. The number of carbonyl (C=O) groups excluding carboxylic acids is 1. The molecule has 1 aromatic carbocycles. The van der Waals surface area contributed by atoms with Crippen molar-refractivity contribution >= 4 is 40.1 Å². The Morgan fingerprint density at radius 1 is 1.33 bits per heavy atom. The van der Waals surface area contributed by atoms with Gasteiger partial charge in [0.15, 0.2) is 5.12 Å². The molecule has 1 aliphatic rings. The number of allylic oxidation sites excluding steroid dienone is 2. The van der Waals surface area contributed by atoms with Crippen molar-refractivity contribution in [2.75, 3.05) is 0 Å². The quantitative estimate of drug-likeness (QED) is 0.625. The monoisotopic (exact) mass is 342 g/mol. The lowest BCUT2D eigenvalue weighted by Crippen LogP contribution is -2.01. The molecule has 0 N–H and O–H groups in total. The van der Waals surface area contributed by atoms with Crippen molar-refractivity contribution in [3.8, 4) is 0 Å². The van der Waals surface area contributed by atoms with E-state index in [9.17, 15) is 4.79 Å². The summed E-state index contributed by atoms with van der Waals surface area (Å²) in [4.78, 5) is 12.4. The molecule has 0 aromatic heterocycles. The first-order chi connectivity index (χ1) is 9.73. The summed E-state index contributed by atoms with van der Waals surface area (Å²) in [7, 11) is 0. The number of hydrogen-bond donors (Lipinski definition) is 0. The van der Waals surface area contributed by atoms with Gasteiger partial charge in [0.1, 0.15) is 0 Å². The number of rotatable bonds is 4. The van der Waals surface area contributed by atoms with E-state index in [0.717, 1.165) is 5.56 Å².